The van der Waals surface area contributed by atoms with Gasteiger partial charge in [0.25, 0.3) is 0 Å². The van der Waals surface area contributed by atoms with Gasteiger partial charge in [-0.15, -0.1) is 0 Å². The van der Waals surface area contributed by atoms with Gasteiger partial charge < -0.3 is 20.1 Å². The van der Waals surface area contributed by atoms with E-state index in [2.05, 4.69) is 16.8 Å². The van der Waals surface area contributed by atoms with E-state index in [-0.39, 0.29) is 0 Å². The predicted octanol–water partition coefficient (Wildman–Crippen LogP) is 2.25. The fraction of sp³-hybridized carbons (Fsp3) is 0.562. The van der Waals surface area contributed by atoms with E-state index in [9.17, 15) is 0 Å². The minimum Gasteiger partial charge on any atom is -0.497 e. The van der Waals surface area contributed by atoms with Crippen LogP contribution in [0.4, 0.5) is 0 Å². The van der Waals surface area contributed by atoms with E-state index in [1.807, 2.05) is 18.2 Å². The van der Waals surface area contributed by atoms with Crippen LogP contribution in [0.1, 0.15) is 25.3 Å². The molecule has 0 unspecified atom stereocenters. The third-order valence-corrected chi connectivity index (χ3v) is 4.01. The second-order valence-corrected chi connectivity index (χ2v) is 5.52. The van der Waals surface area contributed by atoms with Gasteiger partial charge in [0, 0.05) is 24.7 Å². The van der Waals surface area contributed by atoms with Gasteiger partial charge in [-0.1, -0.05) is 6.92 Å². The van der Waals surface area contributed by atoms with Crippen molar-refractivity contribution in [3.63, 3.8) is 0 Å². The number of hydrogen-bond donors (Lipinski definition) is 1. The maximum absolute atomic E-state index is 6.10. The molecule has 0 bridgehead atoms. The molecule has 0 atom stereocenters. The second kappa shape index (κ2) is 7.20. The van der Waals surface area contributed by atoms with Crippen LogP contribution in [0.5, 0.6) is 11.5 Å². The van der Waals surface area contributed by atoms with Crippen LogP contribution in [0.2, 0.25) is 0 Å². The molecule has 1 fully saturated rings. The summed E-state index contributed by atoms with van der Waals surface area (Å²) >= 11 is 0. The van der Waals surface area contributed by atoms with Crippen molar-refractivity contribution < 1.29 is 9.47 Å². The number of likely N-dealkylation sites (tertiary alicyclic amines) is 1. The molecule has 1 saturated heterocycles. The lowest BCUT2D eigenvalue weighted by atomic mass is 10.00. The van der Waals surface area contributed by atoms with Gasteiger partial charge in [0.2, 0.25) is 0 Å². The van der Waals surface area contributed by atoms with E-state index >= 15 is 0 Å². The summed E-state index contributed by atoms with van der Waals surface area (Å²) in [6.07, 6.45) is 2.37. The summed E-state index contributed by atoms with van der Waals surface area (Å²) in [6.45, 7) is 4.80. The third kappa shape index (κ3) is 4.03. The Morgan fingerprint density at radius 2 is 2.00 bits per heavy atom. The van der Waals surface area contributed by atoms with Crippen molar-refractivity contribution in [1.82, 2.24) is 4.90 Å². The smallest absolute Gasteiger partial charge is 0.191 e. The molecule has 5 heteroatoms. The van der Waals surface area contributed by atoms with E-state index in [0.717, 1.165) is 36.1 Å². The first-order valence-corrected chi connectivity index (χ1v) is 7.39. The summed E-state index contributed by atoms with van der Waals surface area (Å²) in [5.74, 6) is 2.96. The molecule has 1 heterocycles. The zero-order valence-corrected chi connectivity index (χ0v) is 13.1. The van der Waals surface area contributed by atoms with Crippen molar-refractivity contribution in [3.05, 3.63) is 23.8 Å². The average Bonchev–Trinajstić information content (AvgIpc) is 2.53. The van der Waals surface area contributed by atoms with Gasteiger partial charge in [0.05, 0.1) is 20.8 Å². The highest BCUT2D eigenvalue weighted by atomic mass is 16.5. The van der Waals surface area contributed by atoms with Crippen LogP contribution in [0.3, 0.4) is 0 Å². The highest BCUT2D eigenvalue weighted by molar-refractivity contribution is 5.78. The van der Waals surface area contributed by atoms with Crippen LogP contribution in [0.25, 0.3) is 0 Å². The zero-order chi connectivity index (χ0) is 15.2. The Morgan fingerprint density at radius 3 is 2.62 bits per heavy atom. The Morgan fingerprint density at radius 1 is 1.29 bits per heavy atom. The summed E-state index contributed by atoms with van der Waals surface area (Å²) in [7, 11) is 3.29. The number of hydrogen-bond acceptors (Lipinski definition) is 3. The Kier molecular flexibility index (Phi) is 5.31. The molecule has 5 nitrogen and oxygen atoms in total. The van der Waals surface area contributed by atoms with Gasteiger partial charge in [-0.2, -0.15) is 0 Å². The predicted molar refractivity (Wildman–Crippen MR) is 84.8 cm³/mol. The number of nitrogens with two attached hydrogens (primary N) is 1. The Labute approximate surface area is 126 Å². The van der Waals surface area contributed by atoms with E-state index in [1.54, 1.807) is 14.2 Å². The highest BCUT2D eigenvalue weighted by Gasteiger charge is 2.17. The molecule has 0 radical (unpaired) electrons. The first kappa shape index (κ1) is 15.5. The first-order valence-electron chi connectivity index (χ1n) is 7.39. The topological polar surface area (TPSA) is 60.1 Å². The van der Waals surface area contributed by atoms with Gasteiger partial charge >= 0.3 is 0 Å². The molecule has 0 amide bonds. The summed E-state index contributed by atoms with van der Waals surface area (Å²) in [5.41, 5.74) is 7.11. The largest absolute Gasteiger partial charge is 0.497 e. The second-order valence-electron chi connectivity index (χ2n) is 5.52. The molecule has 1 aromatic rings. The van der Waals surface area contributed by atoms with Crippen molar-refractivity contribution in [2.45, 2.75) is 26.3 Å². The minimum absolute atomic E-state index is 0.519. The van der Waals surface area contributed by atoms with E-state index < -0.39 is 0 Å². The van der Waals surface area contributed by atoms with Gasteiger partial charge in [-0.05, 0) is 30.9 Å². The standard InChI is InChI=1S/C16H25N3O2/c1-12-6-8-19(9-7-12)16(17)18-11-13-4-5-14(20-2)10-15(13)21-3/h4-5,10,12H,6-9,11H2,1-3H3,(H2,17,18). The van der Waals surface area contributed by atoms with Crippen LogP contribution >= 0.6 is 0 Å². The quantitative estimate of drug-likeness (QED) is 0.683. The molecular formula is C16H25N3O2. The zero-order valence-electron chi connectivity index (χ0n) is 13.1. The molecule has 0 spiro atoms. The number of nitrogens with zero attached hydrogens (tertiary/aromatic N) is 2. The monoisotopic (exact) mass is 291 g/mol. The molecule has 0 aromatic heterocycles. The van der Waals surface area contributed by atoms with Crippen LogP contribution in [0, 0.1) is 5.92 Å². The number of benzene rings is 1. The summed E-state index contributed by atoms with van der Waals surface area (Å²) in [5, 5.41) is 0. The summed E-state index contributed by atoms with van der Waals surface area (Å²) in [6, 6.07) is 5.74. The number of methoxy groups -OCH3 is 2. The molecule has 21 heavy (non-hydrogen) atoms. The lowest BCUT2D eigenvalue weighted by Crippen LogP contribution is -2.42. The molecule has 1 aliphatic heterocycles. The van der Waals surface area contributed by atoms with Gasteiger partial charge in [-0.3, -0.25) is 0 Å². The minimum atomic E-state index is 0.519. The number of guanidine groups is 1. The van der Waals surface area contributed by atoms with Crippen LogP contribution < -0.4 is 15.2 Å². The normalized spacial score (nSPS) is 16.9. The van der Waals surface area contributed by atoms with Crippen molar-refractivity contribution in [1.29, 1.82) is 0 Å². The number of aliphatic imine (C=N–C) groups is 1. The SMILES string of the molecule is COc1ccc(CN=C(N)N2CCC(C)CC2)c(OC)c1. The molecule has 1 aromatic carbocycles. The Balaban J connectivity index is 2.02. The lowest BCUT2D eigenvalue weighted by molar-refractivity contribution is 0.277. The lowest BCUT2D eigenvalue weighted by Gasteiger charge is -2.31. The van der Waals surface area contributed by atoms with Crippen molar-refractivity contribution in [2.75, 3.05) is 27.3 Å². The van der Waals surface area contributed by atoms with E-state index in [4.69, 9.17) is 15.2 Å². The van der Waals surface area contributed by atoms with Crippen molar-refractivity contribution >= 4 is 5.96 Å². The van der Waals surface area contributed by atoms with Crippen LogP contribution in [-0.2, 0) is 6.54 Å². The van der Waals surface area contributed by atoms with Gasteiger partial charge in [0.1, 0.15) is 11.5 Å². The number of ether oxygens (including phenoxy) is 2. The van der Waals surface area contributed by atoms with Crippen molar-refractivity contribution in [2.24, 2.45) is 16.6 Å². The molecule has 2 N–H and O–H groups in total. The van der Waals surface area contributed by atoms with E-state index in [1.165, 1.54) is 12.8 Å². The molecule has 2 rings (SSSR count). The van der Waals surface area contributed by atoms with E-state index in [0.29, 0.717) is 12.5 Å². The van der Waals surface area contributed by atoms with Crippen molar-refractivity contribution in [3.8, 4) is 11.5 Å². The van der Waals surface area contributed by atoms with Crippen LogP contribution in [0.15, 0.2) is 23.2 Å². The maximum atomic E-state index is 6.10. The Hall–Kier alpha value is -1.91. The molecule has 0 saturated carbocycles. The van der Waals surface area contributed by atoms with Crippen LogP contribution in [-0.4, -0.2) is 38.2 Å². The maximum Gasteiger partial charge on any atom is 0.191 e. The number of piperidine rings is 1. The number of rotatable bonds is 4. The summed E-state index contributed by atoms with van der Waals surface area (Å²) < 4.78 is 10.6. The fourth-order valence-electron chi connectivity index (χ4n) is 2.49. The highest BCUT2D eigenvalue weighted by Crippen LogP contribution is 2.25. The Bertz CT molecular complexity index is 494. The molecule has 1 aliphatic rings. The third-order valence-electron chi connectivity index (χ3n) is 4.01. The van der Waals surface area contributed by atoms with Gasteiger partial charge in [-0.25, -0.2) is 4.99 Å². The summed E-state index contributed by atoms with van der Waals surface area (Å²) in [4.78, 5) is 6.67. The molecular weight excluding hydrogens is 266 g/mol. The fourth-order valence-corrected chi connectivity index (χ4v) is 2.49. The molecule has 116 valence electrons. The van der Waals surface area contributed by atoms with Gasteiger partial charge in [0.15, 0.2) is 5.96 Å². The molecule has 0 aliphatic carbocycles. The average molecular weight is 291 g/mol. The first-order chi connectivity index (χ1) is 10.1.